The summed E-state index contributed by atoms with van der Waals surface area (Å²) in [5.74, 6) is 0. The van der Waals surface area contributed by atoms with Crippen LogP contribution in [0.3, 0.4) is 0 Å². The Labute approximate surface area is 138 Å². The first kappa shape index (κ1) is 19.0. The van der Waals surface area contributed by atoms with Gasteiger partial charge in [0.2, 0.25) is 0 Å². The lowest BCUT2D eigenvalue weighted by molar-refractivity contribution is -0.0247. The van der Waals surface area contributed by atoms with E-state index in [1.807, 2.05) is 0 Å². The van der Waals surface area contributed by atoms with Crippen LogP contribution in [0.2, 0.25) is 0 Å². The molecule has 3 aliphatic rings. The van der Waals surface area contributed by atoms with Crippen LogP contribution in [-0.2, 0) is 36.3 Å². The van der Waals surface area contributed by atoms with E-state index in [0.717, 1.165) is 11.8 Å². The van der Waals surface area contributed by atoms with E-state index in [-0.39, 0.29) is 6.10 Å². The van der Waals surface area contributed by atoms with Crippen molar-refractivity contribution in [3.8, 4) is 0 Å². The number of hydrogen-bond donors (Lipinski definition) is 4. The summed E-state index contributed by atoms with van der Waals surface area (Å²) < 4.78 is 54.9. The molecule has 2 saturated heterocycles. The molecule has 0 amide bonds. The lowest BCUT2D eigenvalue weighted by Gasteiger charge is -2.21. The topological polar surface area (TPSA) is 195 Å². The molecule has 2 aliphatic heterocycles. The molecule has 1 aliphatic carbocycles. The third kappa shape index (κ3) is 3.96. The van der Waals surface area contributed by atoms with Crippen LogP contribution in [0.1, 0.15) is 6.42 Å². The first-order valence-electron chi connectivity index (χ1n) is 6.15. The highest BCUT2D eigenvalue weighted by molar-refractivity contribution is 8.15. The fourth-order valence-electron chi connectivity index (χ4n) is 2.51. The van der Waals surface area contributed by atoms with Crippen LogP contribution in [0, 0.1) is 0 Å². The molecule has 1 saturated carbocycles. The average molecular weight is 428 g/mol. The second-order valence-corrected chi connectivity index (χ2v) is 10.8. The van der Waals surface area contributed by atoms with Gasteiger partial charge in [0.1, 0.15) is 12.2 Å². The van der Waals surface area contributed by atoms with Crippen LogP contribution in [0.4, 0.5) is 4.79 Å². The van der Waals surface area contributed by atoms with Crippen molar-refractivity contribution in [3.05, 3.63) is 0 Å². The van der Waals surface area contributed by atoms with Gasteiger partial charge in [-0.1, -0.05) is 0 Å². The number of thioether (sulfide) groups is 1. The number of phosphoric acid groups is 3. The minimum absolute atomic E-state index is 0.270. The monoisotopic (exact) mass is 428 g/mol. The summed E-state index contributed by atoms with van der Waals surface area (Å²) in [6.07, 6.45) is -1.28. The maximum atomic E-state index is 11.6. The number of carbonyl (C=O) groups is 1. The Morgan fingerprint density at radius 1 is 1.17 bits per heavy atom. The highest BCUT2D eigenvalue weighted by Crippen LogP contribution is 2.67. The van der Waals surface area contributed by atoms with Gasteiger partial charge in [-0.25, -0.2) is 18.5 Å². The Morgan fingerprint density at radius 2 is 1.83 bits per heavy atom. The van der Waals surface area contributed by atoms with Gasteiger partial charge in [0, 0.05) is 0 Å². The zero-order valence-corrected chi connectivity index (χ0v) is 14.9. The fraction of sp³-hybridized carbons (Fsp3) is 0.857. The number of phosphoric ester groups is 1. The van der Waals surface area contributed by atoms with Crippen molar-refractivity contribution in [1.29, 1.82) is 0 Å². The highest BCUT2D eigenvalue weighted by atomic mass is 32.2. The van der Waals surface area contributed by atoms with E-state index in [2.05, 4.69) is 13.1 Å². The number of carbonyl (C=O) groups excluding carboxylic acids is 1. The Hall–Kier alpha value is 0.190. The molecule has 0 aromatic carbocycles. The Balaban J connectivity index is 1.56. The van der Waals surface area contributed by atoms with Gasteiger partial charge in [-0.3, -0.25) is 4.52 Å². The molecule has 0 aromatic rings. The van der Waals surface area contributed by atoms with Crippen molar-refractivity contribution < 1.29 is 60.7 Å². The Bertz CT molecular complexity index is 704. The number of rotatable bonds is 7. The summed E-state index contributed by atoms with van der Waals surface area (Å²) in [6, 6.07) is 0. The molecular formula is C7H11O13P3S. The van der Waals surface area contributed by atoms with Crippen molar-refractivity contribution in [2.24, 2.45) is 0 Å². The third-order valence-electron chi connectivity index (χ3n) is 3.36. The highest BCUT2D eigenvalue weighted by Gasteiger charge is 2.75. The molecule has 24 heavy (non-hydrogen) atoms. The first-order chi connectivity index (χ1) is 10.8. The molecule has 1 spiro atoms. The van der Waals surface area contributed by atoms with Crippen molar-refractivity contribution in [2.75, 3.05) is 6.61 Å². The Morgan fingerprint density at radius 3 is 2.46 bits per heavy atom. The predicted octanol–water partition coefficient (Wildman–Crippen LogP) is 0.492. The van der Waals surface area contributed by atoms with E-state index in [1.54, 1.807) is 0 Å². The third-order valence-corrected chi connectivity index (χ3v) is 8.47. The molecule has 4 N–H and O–H groups in total. The van der Waals surface area contributed by atoms with Gasteiger partial charge in [0.05, 0.1) is 17.5 Å². The largest absolute Gasteiger partial charge is 0.490 e. The molecule has 3 rings (SSSR count). The van der Waals surface area contributed by atoms with Crippen LogP contribution in [0.5, 0.6) is 0 Å². The molecule has 0 radical (unpaired) electrons. The summed E-state index contributed by atoms with van der Waals surface area (Å²) in [4.78, 5) is 46.5. The lowest BCUT2D eigenvalue weighted by atomic mass is 10.1. The van der Waals surface area contributed by atoms with Crippen molar-refractivity contribution in [3.63, 3.8) is 0 Å². The first-order valence-corrected chi connectivity index (χ1v) is 11.5. The smallest absolute Gasteiger partial charge is 0.450 e. The molecule has 2 heterocycles. The number of ether oxygens (including phenoxy) is 2. The fourth-order valence-corrected chi connectivity index (χ4v) is 6.74. The van der Waals surface area contributed by atoms with E-state index < -0.39 is 52.3 Å². The second-order valence-electron chi connectivity index (χ2n) is 5.10. The van der Waals surface area contributed by atoms with Crippen molar-refractivity contribution in [1.82, 2.24) is 0 Å². The molecule has 0 bridgehead atoms. The zero-order chi connectivity index (χ0) is 18.0. The standard InChI is InChI=1S/C7H11O13P3S/c8-6-18-5-3(17-4-1-7(4,5)24-6)2-16-22(12,13)20-23(14,15)19-21(9,10)11/h3-5H,1-2H2,(H,12,13)(H,14,15)(H2,9,10,11). The van der Waals surface area contributed by atoms with Crippen LogP contribution in [-0.4, -0.2) is 54.5 Å². The van der Waals surface area contributed by atoms with Crippen molar-refractivity contribution in [2.45, 2.75) is 29.5 Å². The molecule has 17 heteroatoms. The van der Waals surface area contributed by atoms with Crippen LogP contribution in [0.15, 0.2) is 0 Å². The normalized spacial score (nSPS) is 39.5. The molecular weight excluding hydrogens is 417 g/mol. The second kappa shape index (κ2) is 5.85. The van der Waals surface area contributed by atoms with Gasteiger partial charge < -0.3 is 29.0 Å². The van der Waals surface area contributed by atoms with Gasteiger partial charge in [-0.15, -0.1) is 0 Å². The maximum Gasteiger partial charge on any atom is 0.490 e. The zero-order valence-electron chi connectivity index (χ0n) is 11.4. The van der Waals surface area contributed by atoms with Crippen LogP contribution < -0.4 is 0 Å². The van der Waals surface area contributed by atoms with E-state index in [1.165, 1.54) is 0 Å². The number of hydrogen-bond acceptors (Lipinski definition) is 10. The van der Waals surface area contributed by atoms with Gasteiger partial charge in [-0.2, -0.15) is 8.62 Å². The average Bonchev–Trinajstić information content (AvgIpc) is 2.75. The summed E-state index contributed by atoms with van der Waals surface area (Å²) >= 11 is 0.970. The summed E-state index contributed by atoms with van der Waals surface area (Å²) in [5.41, 5.74) is 0. The summed E-state index contributed by atoms with van der Waals surface area (Å²) in [6.45, 7) is -0.625. The SMILES string of the molecule is O=C1OC2C(COP(=O)(O)OP(=O)(O)OP(=O)(O)O)OC3CC32S1. The Kier molecular flexibility index (Phi) is 4.62. The minimum atomic E-state index is -5.56. The van der Waals surface area contributed by atoms with E-state index >= 15 is 0 Å². The lowest BCUT2D eigenvalue weighted by Crippen LogP contribution is -2.34. The summed E-state index contributed by atoms with van der Waals surface area (Å²) in [5, 5.41) is -0.505. The van der Waals surface area contributed by atoms with Crippen LogP contribution in [0.25, 0.3) is 0 Å². The van der Waals surface area contributed by atoms with Gasteiger partial charge >= 0.3 is 28.8 Å². The van der Waals surface area contributed by atoms with Gasteiger partial charge in [0.15, 0.2) is 0 Å². The van der Waals surface area contributed by atoms with Gasteiger partial charge in [0.25, 0.3) is 0 Å². The molecule has 6 unspecified atom stereocenters. The maximum absolute atomic E-state index is 11.6. The van der Waals surface area contributed by atoms with Crippen LogP contribution >= 0.6 is 35.2 Å². The quantitative estimate of drug-likeness (QED) is 0.323. The molecule has 3 fully saturated rings. The molecule has 0 aromatic heterocycles. The van der Waals surface area contributed by atoms with E-state index in [4.69, 9.17) is 24.2 Å². The van der Waals surface area contributed by atoms with E-state index in [9.17, 15) is 23.4 Å². The molecule has 13 nitrogen and oxygen atoms in total. The van der Waals surface area contributed by atoms with Gasteiger partial charge in [-0.05, 0) is 18.2 Å². The minimum Gasteiger partial charge on any atom is -0.450 e. The van der Waals surface area contributed by atoms with Crippen molar-refractivity contribution >= 4 is 40.5 Å². The predicted molar refractivity (Wildman–Crippen MR) is 73.7 cm³/mol. The summed E-state index contributed by atoms with van der Waals surface area (Å²) in [7, 11) is -16.2. The van der Waals surface area contributed by atoms with E-state index in [0.29, 0.717) is 6.42 Å². The molecule has 6 atom stereocenters. The molecule has 138 valence electrons.